The van der Waals surface area contributed by atoms with E-state index in [1.807, 2.05) is 7.85 Å². The summed E-state index contributed by atoms with van der Waals surface area (Å²) >= 11 is 6.53. The Balaban J connectivity index is 2.41. The number of aromatic amines is 1. The van der Waals surface area contributed by atoms with E-state index in [9.17, 15) is 4.79 Å². The lowest BCUT2D eigenvalue weighted by Crippen LogP contribution is -2.34. The number of hydrogen-bond donors (Lipinski definition) is 2. The number of halogens is 1. The topological polar surface area (TPSA) is 58.9 Å². The first-order valence-corrected chi connectivity index (χ1v) is 8.11. The minimum absolute atomic E-state index is 0.0551. The molecular formula is C13H18B5ClN2O. The van der Waals surface area contributed by atoms with E-state index in [1.54, 1.807) is 0 Å². The zero-order valence-corrected chi connectivity index (χ0v) is 14.6. The average molecular weight is 308 g/mol. The molecule has 1 aromatic carbocycles. The van der Waals surface area contributed by atoms with Crippen LogP contribution in [0.15, 0.2) is 0 Å². The van der Waals surface area contributed by atoms with Crippen molar-refractivity contribution in [2.75, 3.05) is 0 Å². The zero-order chi connectivity index (χ0) is 16.4. The molecule has 1 aliphatic rings. The summed E-state index contributed by atoms with van der Waals surface area (Å²) in [5.74, 6) is -0.497. The van der Waals surface area contributed by atoms with Crippen LogP contribution in [0.25, 0.3) is 10.9 Å². The standard InChI is InChI=1S/C13H18B5ClN2O/c14-6-5-3-1-13(17,18)2-4(12(20)22)10(3)21-11(5)8(16)7(15)9(6)19/h4,21H,1-2,14-18H2,(H2,20,22). The summed E-state index contributed by atoms with van der Waals surface area (Å²) < 4.78 is 0. The summed E-state index contributed by atoms with van der Waals surface area (Å²) in [6, 6.07) is 0. The Morgan fingerprint density at radius 2 is 1.86 bits per heavy atom. The highest BCUT2D eigenvalue weighted by molar-refractivity contribution is 6.63. The molecule has 22 heavy (non-hydrogen) atoms. The number of aromatic nitrogens is 1. The fourth-order valence-corrected chi connectivity index (χ4v) is 4.16. The molecule has 1 atom stereocenters. The SMILES string of the molecule is Bc1c(Cl)c(B)c2c3c([nH]c2c1B)C(C(N)=O)CC(B)(B)C3. The van der Waals surface area contributed by atoms with Gasteiger partial charge in [-0.3, -0.25) is 4.79 Å². The van der Waals surface area contributed by atoms with E-state index in [2.05, 4.69) is 36.4 Å². The zero-order valence-electron chi connectivity index (χ0n) is 13.9. The molecular weight excluding hydrogens is 290 g/mol. The van der Waals surface area contributed by atoms with E-state index >= 15 is 0 Å². The number of benzene rings is 1. The molecule has 1 amide bonds. The summed E-state index contributed by atoms with van der Waals surface area (Å²) in [7, 11) is 10.6. The van der Waals surface area contributed by atoms with E-state index < -0.39 is 0 Å². The Bertz CT molecular complexity index is 817. The fourth-order valence-electron chi connectivity index (χ4n) is 3.93. The average Bonchev–Trinajstić information content (AvgIpc) is 2.79. The smallest absolute Gasteiger partial charge is 0.226 e. The van der Waals surface area contributed by atoms with E-state index in [0.29, 0.717) is 0 Å². The molecule has 3 rings (SSSR count). The van der Waals surface area contributed by atoms with E-state index in [-0.39, 0.29) is 17.0 Å². The normalized spacial score (nSPS) is 20.0. The van der Waals surface area contributed by atoms with Gasteiger partial charge in [-0.1, -0.05) is 33.2 Å². The second-order valence-corrected chi connectivity index (χ2v) is 7.83. The van der Waals surface area contributed by atoms with E-state index in [1.165, 1.54) is 10.9 Å². The largest absolute Gasteiger partial charge is 0.369 e. The quantitative estimate of drug-likeness (QED) is 0.513. The van der Waals surface area contributed by atoms with Crippen LogP contribution in [0.5, 0.6) is 0 Å². The van der Waals surface area contributed by atoms with Gasteiger partial charge in [-0.2, -0.15) is 0 Å². The van der Waals surface area contributed by atoms with Crippen molar-refractivity contribution in [1.29, 1.82) is 0 Å². The monoisotopic (exact) mass is 308 g/mol. The van der Waals surface area contributed by atoms with Crippen molar-refractivity contribution in [2.45, 2.75) is 24.0 Å². The maximum Gasteiger partial charge on any atom is 0.226 e. The van der Waals surface area contributed by atoms with Gasteiger partial charge >= 0.3 is 0 Å². The van der Waals surface area contributed by atoms with Crippen LogP contribution >= 0.6 is 11.6 Å². The van der Waals surface area contributed by atoms with Gasteiger partial charge in [0.25, 0.3) is 0 Å². The molecule has 2 aromatic rings. The maximum absolute atomic E-state index is 12.0. The first kappa shape index (κ1) is 15.7. The van der Waals surface area contributed by atoms with Crippen LogP contribution in [0.2, 0.25) is 10.2 Å². The predicted molar refractivity (Wildman–Crippen MR) is 108 cm³/mol. The van der Waals surface area contributed by atoms with Gasteiger partial charge in [0.15, 0.2) is 0 Å². The minimum Gasteiger partial charge on any atom is -0.369 e. The molecule has 3 N–H and O–H groups in total. The number of carbonyl (C=O) groups is 1. The van der Waals surface area contributed by atoms with Gasteiger partial charge in [-0.05, 0) is 23.8 Å². The molecule has 0 spiro atoms. The summed E-state index contributed by atoms with van der Waals surface area (Å²) in [6.07, 6.45) is 1.72. The third-order valence-electron chi connectivity index (χ3n) is 5.21. The minimum atomic E-state index is -0.251. The van der Waals surface area contributed by atoms with Crippen molar-refractivity contribution < 1.29 is 4.79 Å². The number of nitrogens with one attached hydrogen (secondary N) is 1. The second-order valence-electron chi connectivity index (χ2n) is 7.46. The van der Waals surface area contributed by atoms with Gasteiger partial charge in [-0.25, -0.2) is 0 Å². The van der Waals surface area contributed by atoms with Gasteiger partial charge in [-0.15, -0.1) is 0 Å². The number of hydrogen-bond acceptors (Lipinski definition) is 1. The molecule has 108 valence electrons. The maximum atomic E-state index is 12.0. The van der Waals surface area contributed by atoms with Crippen molar-refractivity contribution in [2.24, 2.45) is 5.73 Å². The Labute approximate surface area is 140 Å². The van der Waals surface area contributed by atoms with Crippen molar-refractivity contribution in [3.8, 4) is 0 Å². The van der Waals surface area contributed by atoms with Gasteiger partial charge in [0, 0.05) is 16.2 Å². The molecule has 1 heterocycles. The third-order valence-corrected chi connectivity index (χ3v) is 5.78. The van der Waals surface area contributed by atoms with Crippen molar-refractivity contribution in [1.82, 2.24) is 4.98 Å². The van der Waals surface area contributed by atoms with Crippen LogP contribution in [0.3, 0.4) is 0 Å². The lowest BCUT2D eigenvalue weighted by atomic mass is 9.46. The highest BCUT2D eigenvalue weighted by atomic mass is 35.5. The van der Waals surface area contributed by atoms with Crippen molar-refractivity contribution in [3.63, 3.8) is 0 Å². The van der Waals surface area contributed by atoms with E-state index in [0.717, 1.165) is 45.5 Å². The van der Waals surface area contributed by atoms with Crippen molar-refractivity contribution >= 4 is 84.0 Å². The number of carbonyl (C=O) groups excluding carboxylic acids is 1. The Kier molecular flexibility index (Phi) is 3.52. The van der Waals surface area contributed by atoms with Gasteiger partial charge in [0.05, 0.1) is 21.6 Å². The summed E-state index contributed by atoms with van der Waals surface area (Å²) in [5, 5.41) is 2.06. The summed E-state index contributed by atoms with van der Waals surface area (Å²) in [4.78, 5) is 15.5. The molecule has 0 fully saturated rings. The Hall–Kier alpha value is -1.16. The van der Waals surface area contributed by atoms with Gasteiger partial charge < -0.3 is 10.7 Å². The van der Waals surface area contributed by atoms with Gasteiger partial charge in [0.1, 0.15) is 23.5 Å². The number of H-pyrrole nitrogens is 1. The van der Waals surface area contributed by atoms with E-state index in [4.69, 9.17) is 17.3 Å². The highest BCUT2D eigenvalue weighted by Crippen LogP contribution is 2.44. The molecule has 0 saturated carbocycles. The van der Waals surface area contributed by atoms with Gasteiger partial charge in [0.2, 0.25) is 5.91 Å². The summed E-state index contributed by atoms with van der Waals surface area (Å²) in [5.41, 5.74) is 12.3. The highest BCUT2D eigenvalue weighted by Gasteiger charge is 2.37. The first-order chi connectivity index (χ1) is 10.1. The lowest BCUT2D eigenvalue weighted by molar-refractivity contribution is -0.119. The number of amides is 1. The first-order valence-electron chi connectivity index (χ1n) is 7.73. The Morgan fingerprint density at radius 1 is 1.23 bits per heavy atom. The second kappa shape index (κ2) is 4.92. The van der Waals surface area contributed by atoms with Crippen LogP contribution < -0.4 is 22.1 Å². The Morgan fingerprint density at radius 3 is 2.45 bits per heavy atom. The molecule has 9 heteroatoms. The molecule has 3 nitrogen and oxygen atoms in total. The predicted octanol–water partition coefficient (Wildman–Crippen LogP) is -4.51. The molecule has 1 aliphatic carbocycles. The molecule has 1 aromatic heterocycles. The van der Waals surface area contributed by atoms with Crippen LogP contribution in [0, 0.1) is 0 Å². The van der Waals surface area contributed by atoms with Crippen LogP contribution in [0.1, 0.15) is 23.6 Å². The number of nitrogens with two attached hydrogens (primary N) is 1. The molecule has 1 unspecified atom stereocenters. The lowest BCUT2D eigenvalue weighted by Gasteiger charge is -2.34. The molecule has 0 bridgehead atoms. The number of fused-ring (bicyclic) bond motifs is 3. The van der Waals surface area contributed by atoms with Crippen LogP contribution in [-0.4, -0.2) is 50.1 Å². The summed E-state index contributed by atoms with van der Waals surface area (Å²) in [6.45, 7) is 0. The van der Waals surface area contributed by atoms with Crippen molar-refractivity contribution in [3.05, 3.63) is 16.3 Å². The third kappa shape index (κ3) is 2.15. The molecule has 0 saturated heterocycles. The van der Waals surface area contributed by atoms with Crippen LogP contribution in [0.4, 0.5) is 0 Å². The number of rotatable bonds is 1. The molecule has 0 radical (unpaired) electrons. The fraction of sp³-hybridized carbons (Fsp3) is 0.308. The molecule has 0 aliphatic heterocycles. The van der Waals surface area contributed by atoms with Crippen LogP contribution in [-0.2, 0) is 11.2 Å². The number of primary amides is 1.